The van der Waals surface area contributed by atoms with Gasteiger partial charge in [0.15, 0.2) is 0 Å². The molecule has 76 valence electrons. The van der Waals surface area contributed by atoms with Crippen LogP contribution in [-0.4, -0.2) is 36.0 Å². The third-order valence-corrected chi connectivity index (χ3v) is 3.62. The minimum atomic E-state index is -0.451. The van der Waals surface area contributed by atoms with Crippen LogP contribution in [0.1, 0.15) is 20.3 Å². The van der Waals surface area contributed by atoms with E-state index in [4.69, 9.17) is 0 Å². The van der Waals surface area contributed by atoms with E-state index < -0.39 is 5.54 Å². The number of amides is 1. The molecule has 0 aromatic heterocycles. The van der Waals surface area contributed by atoms with E-state index in [0.29, 0.717) is 6.04 Å². The molecule has 0 aromatic rings. The van der Waals surface area contributed by atoms with Crippen molar-refractivity contribution in [1.82, 2.24) is 10.6 Å². The van der Waals surface area contributed by atoms with Crippen molar-refractivity contribution in [3.8, 4) is 0 Å². The van der Waals surface area contributed by atoms with Crippen LogP contribution in [0.4, 0.5) is 0 Å². The number of hydrogen-bond donors (Lipinski definition) is 2. The van der Waals surface area contributed by atoms with Crippen molar-refractivity contribution in [3.05, 3.63) is 0 Å². The monoisotopic (exact) mass is 202 g/mol. The Balaban J connectivity index is 2.39. The van der Waals surface area contributed by atoms with Gasteiger partial charge in [0.2, 0.25) is 5.91 Å². The lowest BCUT2D eigenvalue weighted by molar-refractivity contribution is -0.126. The van der Waals surface area contributed by atoms with Gasteiger partial charge in [0, 0.05) is 11.8 Å². The van der Waals surface area contributed by atoms with Crippen molar-refractivity contribution in [2.24, 2.45) is 0 Å². The van der Waals surface area contributed by atoms with Crippen LogP contribution in [-0.2, 0) is 4.79 Å². The standard InChI is InChI=1S/C9H18N2OS/c1-9(2,10-3)8(12)11-7-4-5-13-6-7/h7,10H,4-6H2,1-3H3,(H,11,12). The van der Waals surface area contributed by atoms with E-state index in [1.165, 1.54) is 5.75 Å². The van der Waals surface area contributed by atoms with Crippen molar-refractivity contribution in [2.75, 3.05) is 18.6 Å². The molecule has 0 spiro atoms. The molecule has 1 amide bonds. The van der Waals surface area contributed by atoms with Crippen molar-refractivity contribution in [2.45, 2.75) is 31.8 Å². The molecule has 0 aromatic carbocycles. The van der Waals surface area contributed by atoms with E-state index in [-0.39, 0.29) is 5.91 Å². The topological polar surface area (TPSA) is 41.1 Å². The third kappa shape index (κ3) is 2.88. The highest BCUT2D eigenvalue weighted by Gasteiger charge is 2.28. The van der Waals surface area contributed by atoms with E-state index >= 15 is 0 Å². The summed E-state index contributed by atoms with van der Waals surface area (Å²) in [4.78, 5) is 11.7. The molecule has 1 saturated heterocycles. The number of carbonyl (C=O) groups excluding carboxylic acids is 1. The van der Waals surface area contributed by atoms with E-state index in [0.717, 1.165) is 12.2 Å². The Bertz CT molecular complexity index is 188. The van der Waals surface area contributed by atoms with E-state index in [2.05, 4.69) is 10.6 Å². The fourth-order valence-corrected chi connectivity index (χ4v) is 2.28. The lowest BCUT2D eigenvalue weighted by Gasteiger charge is -2.24. The number of thioether (sulfide) groups is 1. The zero-order valence-electron chi connectivity index (χ0n) is 8.52. The van der Waals surface area contributed by atoms with Gasteiger partial charge in [-0.05, 0) is 33.1 Å². The van der Waals surface area contributed by atoms with Crippen LogP contribution in [0.2, 0.25) is 0 Å². The maximum absolute atomic E-state index is 11.7. The second kappa shape index (κ2) is 4.33. The zero-order chi connectivity index (χ0) is 9.90. The summed E-state index contributed by atoms with van der Waals surface area (Å²) in [6.45, 7) is 3.79. The van der Waals surface area contributed by atoms with Crippen LogP contribution in [0.3, 0.4) is 0 Å². The van der Waals surface area contributed by atoms with Gasteiger partial charge in [-0.1, -0.05) is 0 Å². The fraction of sp³-hybridized carbons (Fsp3) is 0.889. The summed E-state index contributed by atoms with van der Waals surface area (Å²) in [5.41, 5.74) is -0.451. The summed E-state index contributed by atoms with van der Waals surface area (Å²) in [6, 6.07) is 0.380. The molecule has 1 aliphatic heterocycles. The molecule has 0 aliphatic carbocycles. The smallest absolute Gasteiger partial charge is 0.239 e. The fourth-order valence-electron chi connectivity index (χ4n) is 1.13. The molecule has 3 nitrogen and oxygen atoms in total. The predicted octanol–water partition coefficient (Wildman–Crippen LogP) is 0.606. The molecular formula is C9H18N2OS. The highest BCUT2D eigenvalue weighted by Crippen LogP contribution is 2.17. The minimum absolute atomic E-state index is 0.0995. The summed E-state index contributed by atoms with van der Waals surface area (Å²) in [6.07, 6.45) is 1.11. The van der Waals surface area contributed by atoms with Crippen molar-refractivity contribution >= 4 is 17.7 Å². The molecule has 1 rings (SSSR count). The average molecular weight is 202 g/mol. The number of likely N-dealkylation sites (N-methyl/N-ethyl adjacent to an activating group) is 1. The van der Waals surface area contributed by atoms with Crippen LogP contribution >= 0.6 is 11.8 Å². The Morgan fingerprint density at radius 2 is 2.23 bits per heavy atom. The Labute approximate surface area is 84.0 Å². The van der Waals surface area contributed by atoms with Gasteiger partial charge < -0.3 is 10.6 Å². The molecule has 2 N–H and O–H groups in total. The molecule has 0 saturated carbocycles. The van der Waals surface area contributed by atoms with Crippen molar-refractivity contribution in [1.29, 1.82) is 0 Å². The Morgan fingerprint density at radius 3 is 2.69 bits per heavy atom. The Hall–Kier alpha value is -0.220. The first kappa shape index (κ1) is 10.9. The van der Waals surface area contributed by atoms with Crippen molar-refractivity contribution < 1.29 is 4.79 Å². The molecule has 4 heteroatoms. The molecular weight excluding hydrogens is 184 g/mol. The van der Waals surface area contributed by atoms with Gasteiger partial charge in [0.05, 0.1) is 5.54 Å². The highest BCUT2D eigenvalue weighted by molar-refractivity contribution is 7.99. The van der Waals surface area contributed by atoms with Gasteiger partial charge in [-0.15, -0.1) is 0 Å². The molecule has 1 aliphatic rings. The first-order valence-corrected chi connectivity index (χ1v) is 5.79. The number of rotatable bonds is 3. The van der Waals surface area contributed by atoms with Crippen LogP contribution in [0, 0.1) is 0 Å². The molecule has 1 fully saturated rings. The van der Waals surface area contributed by atoms with E-state index in [1.54, 1.807) is 0 Å². The van der Waals surface area contributed by atoms with Gasteiger partial charge in [-0.3, -0.25) is 4.79 Å². The summed E-state index contributed by atoms with van der Waals surface area (Å²) < 4.78 is 0. The lowest BCUT2D eigenvalue weighted by Crippen LogP contribution is -2.53. The largest absolute Gasteiger partial charge is 0.351 e. The molecule has 1 heterocycles. The molecule has 13 heavy (non-hydrogen) atoms. The second-order valence-corrected chi connectivity index (χ2v) is 5.06. The van der Waals surface area contributed by atoms with Gasteiger partial charge in [-0.2, -0.15) is 11.8 Å². The summed E-state index contributed by atoms with van der Waals surface area (Å²) in [5.74, 6) is 2.33. The van der Waals surface area contributed by atoms with E-state index in [9.17, 15) is 4.79 Å². The van der Waals surface area contributed by atoms with Crippen LogP contribution in [0.25, 0.3) is 0 Å². The predicted molar refractivity (Wildman–Crippen MR) is 57.0 cm³/mol. The molecule has 1 atom stereocenters. The van der Waals surface area contributed by atoms with Crippen molar-refractivity contribution in [3.63, 3.8) is 0 Å². The SMILES string of the molecule is CNC(C)(C)C(=O)NC1CCSC1. The molecule has 1 unspecified atom stereocenters. The number of hydrogen-bond acceptors (Lipinski definition) is 3. The van der Waals surface area contributed by atoms with Crippen LogP contribution in [0.15, 0.2) is 0 Å². The highest BCUT2D eigenvalue weighted by atomic mass is 32.2. The Morgan fingerprint density at radius 1 is 1.54 bits per heavy atom. The normalized spacial score (nSPS) is 23.2. The van der Waals surface area contributed by atoms with E-state index in [1.807, 2.05) is 32.7 Å². The average Bonchev–Trinajstić information content (AvgIpc) is 2.57. The molecule has 0 radical (unpaired) electrons. The summed E-state index contributed by atoms with van der Waals surface area (Å²) in [5, 5.41) is 6.04. The summed E-state index contributed by atoms with van der Waals surface area (Å²) in [7, 11) is 1.81. The molecule has 0 bridgehead atoms. The first-order valence-electron chi connectivity index (χ1n) is 4.64. The zero-order valence-corrected chi connectivity index (χ0v) is 9.33. The van der Waals surface area contributed by atoms with Gasteiger partial charge in [-0.25, -0.2) is 0 Å². The first-order chi connectivity index (χ1) is 6.06. The van der Waals surface area contributed by atoms with Crippen LogP contribution in [0.5, 0.6) is 0 Å². The third-order valence-electron chi connectivity index (χ3n) is 2.46. The lowest BCUT2D eigenvalue weighted by atomic mass is 10.0. The summed E-state index contributed by atoms with van der Waals surface area (Å²) >= 11 is 1.91. The maximum atomic E-state index is 11.7. The van der Waals surface area contributed by atoms with Gasteiger partial charge in [0.25, 0.3) is 0 Å². The van der Waals surface area contributed by atoms with Gasteiger partial charge in [0.1, 0.15) is 0 Å². The quantitative estimate of drug-likeness (QED) is 0.704. The maximum Gasteiger partial charge on any atom is 0.239 e. The second-order valence-electron chi connectivity index (χ2n) is 3.91. The number of nitrogens with one attached hydrogen (secondary N) is 2. The minimum Gasteiger partial charge on any atom is -0.351 e. The van der Waals surface area contributed by atoms with Gasteiger partial charge >= 0.3 is 0 Å². The van der Waals surface area contributed by atoms with Crippen LogP contribution < -0.4 is 10.6 Å². The Kier molecular flexibility index (Phi) is 3.62. The number of carbonyl (C=O) groups is 1.